The van der Waals surface area contributed by atoms with Crippen molar-refractivity contribution in [2.75, 3.05) is 13.1 Å². The molecule has 0 radical (unpaired) electrons. The lowest BCUT2D eigenvalue weighted by molar-refractivity contribution is -0.143. The van der Waals surface area contributed by atoms with Crippen molar-refractivity contribution in [3.63, 3.8) is 0 Å². The predicted octanol–water partition coefficient (Wildman–Crippen LogP) is 0.362. The molecule has 0 bridgehead atoms. The van der Waals surface area contributed by atoms with Crippen LogP contribution in [0.5, 0.6) is 0 Å². The number of nitrogens with zero attached hydrogens (tertiary/aromatic N) is 1. The van der Waals surface area contributed by atoms with Gasteiger partial charge in [0, 0.05) is 25.3 Å². The first-order valence-electron chi connectivity index (χ1n) is 13.9. The molecule has 12 nitrogen and oxygen atoms in total. The SMILES string of the molecule is CC(C)C[C@H](CC(=O)NO)C(=O)N[C@@H](Cc1ccccc1)C(=O)N1CCC[C@H]1C(=O)N[C@@H](CCCCN)C(N)=O. The van der Waals surface area contributed by atoms with Gasteiger partial charge in [0.2, 0.25) is 29.5 Å². The van der Waals surface area contributed by atoms with Crippen LogP contribution in [0.3, 0.4) is 0 Å². The van der Waals surface area contributed by atoms with E-state index in [0.29, 0.717) is 51.6 Å². The zero-order valence-corrected chi connectivity index (χ0v) is 23.4. The number of nitrogens with two attached hydrogens (primary N) is 2. The van der Waals surface area contributed by atoms with Crippen LogP contribution in [0, 0.1) is 11.8 Å². The zero-order valence-electron chi connectivity index (χ0n) is 23.4. The standard InChI is InChI=1S/C28H44N6O6/c1-18(2)15-20(17-24(35)33-40)26(37)32-22(16-19-9-4-3-5-10-19)28(39)34-14-8-12-23(34)27(38)31-21(25(30)36)11-6-7-13-29/h3-5,9-10,18,20-23,40H,6-8,11-17,29H2,1-2H3,(H2,30,36)(H,31,38)(H,32,37)(H,33,35)/t20-,21+,22+,23+/m1/s1. The van der Waals surface area contributed by atoms with E-state index in [0.717, 1.165) is 5.56 Å². The van der Waals surface area contributed by atoms with Crippen molar-refractivity contribution < 1.29 is 29.2 Å². The van der Waals surface area contributed by atoms with Gasteiger partial charge >= 0.3 is 0 Å². The number of rotatable bonds is 16. The second-order valence-corrected chi connectivity index (χ2v) is 10.8. The molecule has 0 aliphatic carbocycles. The van der Waals surface area contributed by atoms with Gasteiger partial charge in [-0.15, -0.1) is 0 Å². The smallest absolute Gasteiger partial charge is 0.246 e. The largest absolute Gasteiger partial charge is 0.368 e. The van der Waals surface area contributed by atoms with Gasteiger partial charge in [-0.1, -0.05) is 44.2 Å². The van der Waals surface area contributed by atoms with Gasteiger partial charge in [-0.2, -0.15) is 0 Å². The molecular weight excluding hydrogens is 516 g/mol. The molecule has 0 saturated carbocycles. The Morgan fingerprint density at radius 2 is 1.75 bits per heavy atom. The Morgan fingerprint density at radius 3 is 2.35 bits per heavy atom. The topological polar surface area (TPSA) is 197 Å². The summed E-state index contributed by atoms with van der Waals surface area (Å²) < 4.78 is 0. The van der Waals surface area contributed by atoms with Gasteiger partial charge in [0.1, 0.15) is 18.1 Å². The van der Waals surface area contributed by atoms with E-state index in [4.69, 9.17) is 16.7 Å². The van der Waals surface area contributed by atoms with Crippen LogP contribution in [0.15, 0.2) is 30.3 Å². The minimum absolute atomic E-state index is 0.0835. The van der Waals surface area contributed by atoms with Crippen LogP contribution in [-0.2, 0) is 30.4 Å². The number of hydroxylamine groups is 1. The minimum Gasteiger partial charge on any atom is -0.368 e. The van der Waals surface area contributed by atoms with Crippen LogP contribution >= 0.6 is 0 Å². The minimum atomic E-state index is -0.994. The molecule has 1 saturated heterocycles. The third kappa shape index (κ3) is 10.2. The van der Waals surface area contributed by atoms with E-state index < -0.39 is 53.6 Å². The number of benzene rings is 1. The van der Waals surface area contributed by atoms with E-state index in [1.54, 1.807) is 5.48 Å². The number of unbranched alkanes of at least 4 members (excludes halogenated alkanes) is 1. The first-order chi connectivity index (χ1) is 19.1. The monoisotopic (exact) mass is 560 g/mol. The van der Waals surface area contributed by atoms with Gasteiger partial charge in [-0.05, 0) is 56.6 Å². The molecule has 8 N–H and O–H groups in total. The average Bonchev–Trinajstić information content (AvgIpc) is 3.41. The molecule has 1 heterocycles. The summed E-state index contributed by atoms with van der Waals surface area (Å²) in [7, 11) is 0. The summed E-state index contributed by atoms with van der Waals surface area (Å²) in [5.74, 6) is -3.41. The van der Waals surface area contributed by atoms with Crippen LogP contribution in [0.4, 0.5) is 0 Å². The predicted molar refractivity (Wildman–Crippen MR) is 148 cm³/mol. The van der Waals surface area contributed by atoms with E-state index in [1.807, 2.05) is 44.2 Å². The second kappa shape index (κ2) is 16.6. The summed E-state index contributed by atoms with van der Waals surface area (Å²) >= 11 is 0. The molecule has 222 valence electrons. The molecule has 1 aromatic rings. The quantitative estimate of drug-likeness (QED) is 0.0953. The van der Waals surface area contributed by atoms with Crippen molar-refractivity contribution in [3.8, 4) is 0 Å². The summed E-state index contributed by atoms with van der Waals surface area (Å²) in [5, 5.41) is 14.5. The molecule has 12 heteroatoms. The van der Waals surface area contributed by atoms with E-state index in [1.165, 1.54) is 4.90 Å². The first kappa shape index (κ1) is 32.7. The van der Waals surface area contributed by atoms with E-state index in [-0.39, 0.29) is 18.8 Å². The number of amides is 5. The summed E-state index contributed by atoms with van der Waals surface area (Å²) in [6.45, 7) is 4.59. The highest BCUT2D eigenvalue weighted by atomic mass is 16.5. The second-order valence-electron chi connectivity index (χ2n) is 10.8. The van der Waals surface area contributed by atoms with Crippen LogP contribution < -0.4 is 27.6 Å². The lowest BCUT2D eigenvalue weighted by Gasteiger charge is -2.30. The number of nitrogens with one attached hydrogen (secondary N) is 3. The highest BCUT2D eigenvalue weighted by Crippen LogP contribution is 2.22. The number of carbonyl (C=O) groups excluding carboxylic acids is 5. The summed E-state index contributed by atoms with van der Waals surface area (Å²) in [4.78, 5) is 65.6. The third-order valence-corrected chi connectivity index (χ3v) is 7.03. The fourth-order valence-corrected chi connectivity index (χ4v) is 5.01. The highest BCUT2D eigenvalue weighted by molar-refractivity contribution is 5.95. The van der Waals surface area contributed by atoms with Crippen molar-refractivity contribution in [1.82, 2.24) is 21.0 Å². The van der Waals surface area contributed by atoms with Crippen molar-refractivity contribution in [3.05, 3.63) is 35.9 Å². The summed E-state index contributed by atoms with van der Waals surface area (Å²) in [6.07, 6.45) is 2.96. The summed E-state index contributed by atoms with van der Waals surface area (Å²) in [5.41, 5.74) is 13.4. The van der Waals surface area contributed by atoms with Crippen molar-refractivity contribution in [1.29, 1.82) is 0 Å². The van der Waals surface area contributed by atoms with Crippen molar-refractivity contribution >= 4 is 29.5 Å². The Hall–Kier alpha value is -3.51. The van der Waals surface area contributed by atoms with Crippen LogP contribution in [0.1, 0.15) is 64.4 Å². The maximum Gasteiger partial charge on any atom is 0.246 e. The average molecular weight is 561 g/mol. The molecule has 40 heavy (non-hydrogen) atoms. The zero-order chi connectivity index (χ0) is 29.7. The molecule has 2 rings (SSSR count). The lowest BCUT2D eigenvalue weighted by Crippen LogP contribution is -2.57. The molecular formula is C28H44N6O6. The molecule has 1 aromatic carbocycles. The van der Waals surface area contributed by atoms with Gasteiger partial charge in [0.25, 0.3) is 0 Å². The number of likely N-dealkylation sites (tertiary alicyclic amines) is 1. The normalized spacial score (nSPS) is 17.1. The molecule has 4 atom stereocenters. The lowest BCUT2D eigenvalue weighted by atomic mass is 9.92. The fourth-order valence-electron chi connectivity index (χ4n) is 5.01. The molecule has 0 spiro atoms. The highest BCUT2D eigenvalue weighted by Gasteiger charge is 2.39. The number of hydrogen-bond acceptors (Lipinski definition) is 7. The van der Waals surface area contributed by atoms with Crippen molar-refractivity contribution in [2.24, 2.45) is 23.3 Å². The molecule has 0 unspecified atom stereocenters. The Kier molecular flexibility index (Phi) is 13.5. The van der Waals surface area contributed by atoms with Gasteiger partial charge < -0.3 is 27.0 Å². The number of carbonyl (C=O) groups is 5. The maximum atomic E-state index is 13.9. The Bertz CT molecular complexity index is 1000. The number of hydrogen-bond donors (Lipinski definition) is 6. The van der Waals surface area contributed by atoms with Gasteiger partial charge in [0.15, 0.2) is 0 Å². The Balaban J connectivity index is 2.24. The van der Waals surface area contributed by atoms with Crippen molar-refractivity contribution in [2.45, 2.75) is 83.3 Å². The van der Waals surface area contributed by atoms with Gasteiger partial charge in [-0.3, -0.25) is 29.2 Å². The maximum absolute atomic E-state index is 13.9. The third-order valence-electron chi connectivity index (χ3n) is 7.03. The molecule has 0 aromatic heterocycles. The molecule has 1 aliphatic rings. The Labute approximate surface area is 235 Å². The summed E-state index contributed by atoms with van der Waals surface area (Å²) in [6, 6.07) is 6.49. The van der Waals surface area contributed by atoms with Crippen LogP contribution in [-0.4, -0.2) is 70.9 Å². The van der Waals surface area contributed by atoms with Gasteiger partial charge in [-0.25, -0.2) is 5.48 Å². The molecule has 5 amide bonds. The van der Waals surface area contributed by atoms with E-state index in [9.17, 15) is 24.0 Å². The van der Waals surface area contributed by atoms with Crippen LogP contribution in [0.25, 0.3) is 0 Å². The number of primary amides is 1. The van der Waals surface area contributed by atoms with Gasteiger partial charge in [0.05, 0.1) is 0 Å². The first-order valence-corrected chi connectivity index (χ1v) is 13.9. The Morgan fingerprint density at radius 1 is 1.05 bits per heavy atom. The molecule has 1 fully saturated rings. The van der Waals surface area contributed by atoms with Crippen LogP contribution in [0.2, 0.25) is 0 Å². The fraction of sp³-hybridized carbons (Fsp3) is 0.607. The van der Waals surface area contributed by atoms with E-state index in [2.05, 4.69) is 10.6 Å². The van der Waals surface area contributed by atoms with E-state index >= 15 is 0 Å². The molecule has 1 aliphatic heterocycles.